The normalized spacial score (nSPS) is 13.4. The third-order valence-corrected chi connectivity index (χ3v) is 8.39. The Bertz CT molecular complexity index is 519. The van der Waals surface area contributed by atoms with Crippen LogP contribution in [-0.2, 0) is 4.79 Å². The van der Waals surface area contributed by atoms with E-state index in [0.717, 1.165) is 25.7 Å². The molecule has 0 amide bonds. The number of hydrogen-bond acceptors (Lipinski definition) is 5. The molecule has 0 aromatic heterocycles. The summed E-state index contributed by atoms with van der Waals surface area (Å²) in [6, 6.07) is -0.743. The molecular weight excluding hydrogens is 526 g/mol. The quantitative estimate of drug-likeness (QED) is 0.0489. The average Bonchev–Trinajstić information content (AvgIpc) is 2.98. The molecule has 0 heterocycles. The van der Waals surface area contributed by atoms with Crippen LogP contribution < -0.4 is 5.73 Å². The number of hydrogen-bond donors (Lipinski definition) is 5. The number of unbranched alkanes of at least 4 members (excludes halogenated alkanes) is 25. The molecule has 0 spiro atoms. The van der Waals surface area contributed by atoms with E-state index in [1.165, 1.54) is 148 Å². The lowest BCUT2D eigenvalue weighted by molar-refractivity contribution is -0.137. The highest BCUT2D eigenvalue weighted by molar-refractivity contribution is 5.66. The van der Waals surface area contributed by atoms with Crippen LogP contribution in [0.2, 0.25) is 0 Å². The predicted molar refractivity (Wildman–Crippen MR) is 180 cm³/mol. The Hall–Kier alpha value is -0.690. The lowest BCUT2D eigenvalue weighted by Crippen LogP contribution is -2.45. The number of nitrogens with two attached hydrogens (primary N) is 1. The Morgan fingerprint density at radius 3 is 1.10 bits per heavy atom. The second-order valence-corrected chi connectivity index (χ2v) is 12.7. The van der Waals surface area contributed by atoms with E-state index in [1.807, 2.05) is 0 Å². The van der Waals surface area contributed by atoms with Gasteiger partial charge in [0, 0.05) is 6.42 Å². The Kier molecular flexibility index (Phi) is 37.8. The minimum Gasteiger partial charge on any atom is -0.481 e. The van der Waals surface area contributed by atoms with Crippen molar-refractivity contribution in [3.8, 4) is 0 Å². The van der Waals surface area contributed by atoms with Crippen molar-refractivity contribution in [3.05, 3.63) is 0 Å². The van der Waals surface area contributed by atoms with E-state index >= 15 is 0 Å². The lowest BCUT2D eigenvalue weighted by Gasteiger charge is -2.22. The van der Waals surface area contributed by atoms with Crippen LogP contribution in [0.4, 0.5) is 0 Å². The maximum absolute atomic E-state index is 10.3. The first-order valence-corrected chi connectivity index (χ1v) is 18.3. The molecule has 0 aromatic carbocycles. The van der Waals surface area contributed by atoms with Gasteiger partial charge in [0.1, 0.15) is 0 Å². The second kappa shape index (κ2) is 36.5. The van der Waals surface area contributed by atoms with E-state index < -0.39 is 24.2 Å². The summed E-state index contributed by atoms with van der Waals surface area (Å²) >= 11 is 0. The van der Waals surface area contributed by atoms with E-state index in [0.29, 0.717) is 12.8 Å². The van der Waals surface area contributed by atoms with E-state index in [2.05, 4.69) is 13.8 Å². The highest BCUT2D eigenvalue weighted by atomic mass is 16.4. The van der Waals surface area contributed by atoms with Gasteiger partial charge < -0.3 is 26.2 Å². The summed E-state index contributed by atoms with van der Waals surface area (Å²) in [6.45, 7) is 4.23. The highest BCUT2D eigenvalue weighted by Gasteiger charge is 2.22. The molecule has 0 aromatic rings. The fourth-order valence-electron chi connectivity index (χ4n) is 5.41. The zero-order valence-electron chi connectivity index (χ0n) is 28.2. The third kappa shape index (κ3) is 35.5. The summed E-state index contributed by atoms with van der Waals surface area (Å²) in [6.07, 6.45) is 34.3. The Morgan fingerprint density at radius 1 is 0.524 bits per heavy atom. The molecule has 254 valence electrons. The van der Waals surface area contributed by atoms with E-state index in [4.69, 9.17) is 15.9 Å². The van der Waals surface area contributed by atoms with Gasteiger partial charge in [0.05, 0.1) is 24.9 Å². The molecule has 0 rings (SSSR count). The molecule has 3 unspecified atom stereocenters. The van der Waals surface area contributed by atoms with Crippen molar-refractivity contribution in [3.63, 3.8) is 0 Å². The first kappa shape index (κ1) is 43.4. The minimum atomic E-state index is -1.02. The number of carboxylic acids is 1. The van der Waals surface area contributed by atoms with Crippen LogP contribution in [0.25, 0.3) is 0 Å². The smallest absolute Gasteiger partial charge is 0.303 e. The van der Waals surface area contributed by atoms with Gasteiger partial charge in [-0.15, -0.1) is 0 Å². The van der Waals surface area contributed by atoms with Gasteiger partial charge in [-0.1, -0.05) is 181 Å². The number of rotatable bonds is 32. The molecule has 6 nitrogen and oxygen atoms in total. The van der Waals surface area contributed by atoms with Gasteiger partial charge in [-0.3, -0.25) is 4.79 Å². The van der Waals surface area contributed by atoms with Crippen LogP contribution in [0.3, 0.4) is 0 Å². The highest BCUT2D eigenvalue weighted by Crippen LogP contribution is 2.15. The maximum Gasteiger partial charge on any atom is 0.303 e. The monoisotopic (exact) mass is 602 g/mol. The number of carbonyl (C=O) groups is 1. The molecule has 6 heteroatoms. The molecule has 0 saturated heterocycles. The summed E-state index contributed by atoms with van der Waals surface area (Å²) in [4.78, 5) is 10.3. The second-order valence-electron chi connectivity index (χ2n) is 12.7. The first-order valence-electron chi connectivity index (χ1n) is 18.3. The zero-order valence-corrected chi connectivity index (χ0v) is 28.2. The molecule has 0 aliphatic rings. The van der Waals surface area contributed by atoms with Crippen molar-refractivity contribution in [1.29, 1.82) is 0 Å². The zero-order chi connectivity index (χ0) is 31.5. The van der Waals surface area contributed by atoms with Gasteiger partial charge in [-0.05, 0) is 12.8 Å². The third-order valence-electron chi connectivity index (χ3n) is 8.39. The van der Waals surface area contributed by atoms with Crippen LogP contribution >= 0.6 is 0 Å². The molecule has 6 N–H and O–H groups in total. The van der Waals surface area contributed by atoms with Crippen LogP contribution in [0.5, 0.6) is 0 Å². The SMILES string of the molecule is CCCCCCCCCCCCCCC(O)C(O)C(N)CO.CCCCCCCCCCCCCCCCCC(=O)O. The number of carboxylic acid groups (broad SMARTS) is 1. The summed E-state index contributed by atoms with van der Waals surface area (Å²) in [5.41, 5.74) is 5.49. The minimum absolute atomic E-state index is 0.295. The number of aliphatic hydroxyl groups excluding tert-OH is 3. The molecular formula is C36H75NO5. The van der Waals surface area contributed by atoms with Gasteiger partial charge in [0.25, 0.3) is 0 Å². The first-order chi connectivity index (χ1) is 20.4. The molecule has 0 fully saturated rings. The van der Waals surface area contributed by atoms with Crippen LogP contribution in [0.15, 0.2) is 0 Å². The summed E-state index contributed by atoms with van der Waals surface area (Å²) in [7, 11) is 0. The molecule has 0 aliphatic carbocycles. The molecule has 0 bridgehead atoms. The van der Waals surface area contributed by atoms with Crippen LogP contribution in [-0.4, -0.2) is 51.3 Å². The van der Waals surface area contributed by atoms with Crippen molar-refractivity contribution >= 4 is 5.97 Å². The topological polar surface area (TPSA) is 124 Å². The Balaban J connectivity index is 0. The predicted octanol–water partition coefficient (Wildman–Crippen LogP) is 9.45. The fraction of sp³-hybridized carbons (Fsp3) is 0.972. The van der Waals surface area contributed by atoms with Crippen molar-refractivity contribution in [2.45, 2.75) is 218 Å². The summed E-state index contributed by atoms with van der Waals surface area (Å²) in [5, 5.41) is 36.7. The number of aliphatic hydroxyl groups is 3. The maximum atomic E-state index is 10.3. The van der Waals surface area contributed by atoms with Crippen molar-refractivity contribution in [2.24, 2.45) is 5.73 Å². The molecule has 0 saturated carbocycles. The van der Waals surface area contributed by atoms with Crippen molar-refractivity contribution < 1.29 is 25.2 Å². The average molecular weight is 602 g/mol. The molecule has 42 heavy (non-hydrogen) atoms. The van der Waals surface area contributed by atoms with Gasteiger partial charge in [-0.2, -0.15) is 0 Å². The lowest BCUT2D eigenvalue weighted by atomic mass is 10.00. The van der Waals surface area contributed by atoms with Gasteiger partial charge >= 0.3 is 5.97 Å². The molecule has 3 atom stereocenters. The Labute approximate surface area is 261 Å². The van der Waals surface area contributed by atoms with Crippen LogP contribution in [0, 0.1) is 0 Å². The van der Waals surface area contributed by atoms with Crippen molar-refractivity contribution in [2.75, 3.05) is 6.61 Å². The van der Waals surface area contributed by atoms with Crippen molar-refractivity contribution in [1.82, 2.24) is 0 Å². The standard InChI is InChI=1S/C18H39NO3.C18H36O2/c1-2-3-4-5-6-7-8-9-10-11-12-13-14-17(21)18(22)16(19)15-20;1-2-3-4-5-6-7-8-9-10-11-12-13-14-15-16-17-18(19)20/h16-18,20-22H,2-15,19H2,1H3;2-17H2,1H3,(H,19,20). The number of aliphatic carboxylic acids is 1. The van der Waals surface area contributed by atoms with Gasteiger partial charge in [0.2, 0.25) is 0 Å². The Morgan fingerprint density at radius 2 is 0.810 bits per heavy atom. The molecule has 0 radical (unpaired) electrons. The van der Waals surface area contributed by atoms with Gasteiger partial charge in [-0.25, -0.2) is 0 Å². The fourth-order valence-corrected chi connectivity index (χ4v) is 5.41. The van der Waals surface area contributed by atoms with E-state index in [-0.39, 0.29) is 6.61 Å². The molecule has 0 aliphatic heterocycles. The largest absolute Gasteiger partial charge is 0.481 e. The van der Waals surface area contributed by atoms with E-state index in [1.54, 1.807) is 0 Å². The summed E-state index contributed by atoms with van der Waals surface area (Å²) < 4.78 is 0. The van der Waals surface area contributed by atoms with E-state index in [9.17, 15) is 15.0 Å². The van der Waals surface area contributed by atoms with Crippen LogP contribution in [0.1, 0.15) is 200 Å². The van der Waals surface area contributed by atoms with Gasteiger partial charge in [0.15, 0.2) is 0 Å². The summed E-state index contributed by atoms with van der Waals surface area (Å²) in [5.74, 6) is -0.653.